The summed E-state index contributed by atoms with van der Waals surface area (Å²) in [5, 5.41) is 0. The Morgan fingerprint density at radius 2 is 1.75 bits per heavy atom. The Morgan fingerprint density at radius 3 is 2.20 bits per heavy atom. The zero-order valence-corrected chi connectivity index (χ0v) is 13.1. The van der Waals surface area contributed by atoms with Crippen LogP contribution in [0.1, 0.15) is 26.3 Å². The average Bonchev–Trinajstić information content (AvgIpc) is 2.26. The number of benzene rings is 1. The summed E-state index contributed by atoms with van der Waals surface area (Å²) >= 11 is 0. The number of nitrogens with zero attached hydrogens (tertiary/aromatic N) is 1. The van der Waals surface area contributed by atoms with Crippen molar-refractivity contribution in [2.75, 3.05) is 12.8 Å². The molecule has 5 nitrogen and oxygen atoms in total. The molecule has 0 radical (unpaired) electrons. The van der Waals surface area contributed by atoms with Gasteiger partial charge < -0.3 is 4.74 Å². The van der Waals surface area contributed by atoms with E-state index in [2.05, 4.69) is 0 Å². The maximum Gasteiger partial charge on any atom is 0.424 e. The largest absolute Gasteiger partial charge is 0.443 e. The fourth-order valence-corrected chi connectivity index (χ4v) is 2.31. The molecule has 0 heterocycles. The first kappa shape index (κ1) is 16.5. The van der Waals surface area contributed by atoms with E-state index < -0.39 is 21.7 Å². The third-order valence-corrected chi connectivity index (χ3v) is 3.58. The molecule has 0 aliphatic heterocycles. The molecule has 1 aromatic rings. The third-order valence-electron chi connectivity index (χ3n) is 2.44. The molecular formula is C14H21NO4S. The van der Waals surface area contributed by atoms with Crippen LogP contribution in [0.2, 0.25) is 0 Å². The topological polar surface area (TPSA) is 63.7 Å². The second-order valence-corrected chi connectivity index (χ2v) is 7.46. The normalized spacial score (nSPS) is 12.0. The lowest BCUT2D eigenvalue weighted by atomic mass is 10.1. The van der Waals surface area contributed by atoms with Gasteiger partial charge in [0.25, 0.3) is 0 Å². The van der Waals surface area contributed by atoms with Crippen molar-refractivity contribution in [2.24, 2.45) is 0 Å². The summed E-state index contributed by atoms with van der Waals surface area (Å²) < 4.78 is 29.3. The van der Waals surface area contributed by atoms with E-state index in [9.17, 15) is 13.2 Å². The quantitative estimate of drug-likeness (QED) is 0.856. The van der Waals surface area contributed by atoms with E-state index in [-0.39, 0.29) is 6.54 Å². The summed E-state index contributed by atoms with van der Waals surface area (Å²) in [6, 6.07) is 9.39. The maximum absolute atomic E-state index is 12.0. The fraction of sp³-hybridized carbons (Fsp3) is 0.500. The molecule has 0 aliphatic rings. The molecule has 0 spiro atoms. The predicted octanol–water partition coefficient (Wildman–Crippen LogP) is 2.43. The van der Waals surface area contributed by atoms with Crippen LogP contribution in [0.15, 0.2) is 30.3 Å². The molecule has 0 unspecified atom stereocenters. The van der Waals surface area contributed by atoms with E-state index in [0.717, 1.165) is 16.1 Å². The van der Waals surface area contributed by atoms with Crippen LogP contribution in [0.3, 0.4) is 0 Å². The molecule has 1 aromatic carbocycles. The summed E-state index contributed by atoms with van der Waals surface area (Å²) in [5.74, 6) is 0. The summed E-state index contributed by atoms with van der Waals surface area (Å²) in [4.78, 5) is 12.0. The minimum absolute atomic E-state index is 0.0672. The van der Waals surface area contributed by atoms with Crippen LogP contribution in [-0.2, 0) is 21.2 Å². The van der Waals surface area contributed by atoms with Gasteiger partial charge in [-0.05, 0) is 32.8 Å². The second-order valence-electron chi connectivity index (χ2n) is 5.55. The van der Waals surface area contributed by atoms with Crippen molar-refractivity contribution in [3.05, 3.63) is 35.9 Å². The van der Waals surface area contributed by atoms with Gasteiger partial charge >= 0.3 is 6.09 Å². The van der Waals surface area contributed by atoms with Gasteiger partial charge in [0.2, 0.25) is 10.0 Å². The lowest BCUT2D eigenvalue weighted by Gasteiger charge is -2.25. The van der Waals surface area contributed by atoms with E-state index in [1.165, 1.54) is 0 Å². The van der Waals surface area contributed by atoms with Gasteiger partial charge in [-0.15, -0.1) is 0 Å². The van der Waals surface area contributed by atoms with Gasteiger partial charge in [-0.25, -0.2) is 17.5 Å². The zero-order valence-electron chi connectivity index (χ0n) is 12.3. The number of rotatable bonds is 4. The first-order chi connectivity index (χ1) is 9.09. The van der Waals surface area contributed by atoms with Crippen molar-refractivity contribution < 1.29 is 17.9 Å². The van der Waals surface area contributed by atoms with Gasteiger partial charge in [-0.2, -0.15) is 0 Å². The van der Waals surface area contributed by atoms with Crippen LogP contribution >= 0.6 is 0 Å². The van der Waals surface area contributed by atoms with Crippen molar-refractivity contribution in [3.63, 3.8) is 0 Å². The summed E-state index contributed by atoms with van der Waals surface area (Å²) in [6.07, 6.45) is 0.616. The molecule has 1 amide bonds. The highest BCUT2D eigenvalue weighted by Gasteiger charge is 2.28. The van der Waals surface area contributed by atoms with Gasteiger partial charge in [-0.1, -0.05) is 30.3 Å². The molecule has 0 saturated carbocycles. The monoisotopic (exact) mass is 299 g/mol. The van der Waals surface area contributed by atoms with Crippen LogP contribution in [-0.4, -0.2) is 37.2 Å². The number of ether oxygens (including phenoxy) is 1. The lowest BCUT2D eigenvalue weighted by Crippen LogP contribution is -2.41. The van der Waals surface area contributed by atoms with Crippen molar-refractivity contribution in [1.29, 1.82) is 0 Å². The van der Waals surface area contributed by atoms with Crippen molar-refractivity contribution in [1.82, 2.24) is 4.31 Å². The zero-order chi connectivity index (χ0) is 15.4. The highest BCUT2D eigenvalue weighted by molar-refractivity contribution is 7.88. The van der Waals surface area contributed by atoms with Crippen LogP contribution in [0.4, 0.5) is 4.79 Å². The number of carbonyl (C=O) groups excluding carboxylic acids is 1. The molecule has 0 N–H and O–H groups in total. The number of hydrogen-bond donors (Lipinski definition) is 0. The Hall–Kier alpha value is -1.56. The first-order valence-corrected chi connectivity index (χ1v) is 8.19. The molecule has 0 atom stereocenters. The molecule has 1 rings (SSSR count). The van der Waals surface area contributed by atoms with Crippen molar-refractivity contribution >= 4 is 16.1 Å². The standard InChI is InChI=1S/C14H21NO4S/c1-14(2,3)19-13(16)15(20(4,17)18)11-10-12-8-6-5-7-9-12/h5-9H,10-11H2,1-4H3. The molecule has 0 bridgehead atoms. The van der Waals surface area contributed by atoms with E-state index in [0.29, 0.717) is 6.42 Å². The molecular weight excluding hydrogens is 278 g/mol. The van der Waals surface area contributed by atoms with Gasteiger partial charge in [0.1, 0.15) is 5.60 Å². The Morgan fingerprint density at radius 1 is 1.20 bits per heavy atom. The molecule has 20 heavy (non-hydrogen) atoms. The van der Waals surface area contributed by atoms with Gasteiger partial charge in [0, 0.05) is 6.54 Å². The molecule has 0 fully saturated rings. The Labute approximate surface area is 120 Å². The minimum Gasteiger partial charge on any atom is -0.443 e. The van der Waals surface area contributed by atoms with Gasteiger partial charge in [-0.3, -0.25) is 0 Å². The number of carbonyl (C=O) groups is 1. The lowest BCUT2D eigenvalue weighted by molar-refractivity contribution is 0.0393. The number of hydrogen-bond acceptors (Lipinski definition) is 4. The van der Waals surface area contributed by atoms with Crippen LogP contribution in [0.25, 0.3) is 0 Å². The number of sulfonamides is 1. The number of amides is 1. The van der Waals surface area contributed by atoms with Crippen LogP contribution in [0.5, 0.6) is 0 Å². The highest BCUT2D eigenvalue weighted by Crippen LogP contribution is 2.13. The minimum atomic E-state index is -3.65. The maximum atomic E-state index is 12.0. The average molecular weight is 299 g/mol. The molecule has 6 heteroatoms. The summed E-state index contributed by atoms with van der Waals surface area (Å²) in [6.45, 7) is 5.16. The molecule has 0 saturated heterocycles. The van der Waals surface area contributed by atoms with Crippen LogP contribution in [0, 0.1) is 0 Å². The summed E-state index contributed by atoms with van der Waals surface area (Å²) in [5.41, 5.74) is 0.233. The SMILES string of the molecule is CC(C)(C)OC(=O)N(CCc1ccccc1)S(C)(=O)=O. The van der Waals surface area contributed by atoms with Crippen molar-refractivity contribution in [3.8, 4) is 0 Å². The predicted molar refractivity (Wildman–Crippen MR) is 77.9 cm³/mol. The highest BCUT2D eigenvalue weighted by atomic mass is 32.2. The van der Waals surface area contributed by atoms with Crippen molar-refractivity contribution in [2.45, 2.75) is 32.8 Å². The first-order valence-electron chi connectivity index (χ1n) is 6.34. The van der Waals surface area contributed by atoms with E-state index in [1.54, 1.807) is 20.8 Å². The molecule has 0 aromatic heterocycles. The van der Waals surface area contributed by atoms with E-state index in [4.69, 9.17) is 4.74 Å². The second kappa shape index (κ2) is 6.26. The molecule has 0 aliphatic carbocycles. The Kier molecular flexibility index (Phi) is 5.16. The summed E-state index contributed by atoms with van der Waals surface area (Å²) in [7, 11) is -3.65. The van der Waals surface area contributed by atoms with Gasteiger partial charge in [0.15, 0.2) is 0 Å². The van der Waals surface area contributed by atoms with E-state index >= 15 is 0 Å². The smallest absolute Gasteiger partial charge is 0.424 e. The fourth-order valence-electron chi connectivity index (χ4n) is 1.58. The van der Waals surface area contributed by atoms with Crippen LogP contribution < -0.4 is 0 Å². The molecule has 112 valence electrons. The Balaban J connectivity index is 2.79. The third kappa shape index (κ3) is 5.61. The van der Waals surface area contributed by atoms with E-state index in [1.807, 2.05) is 30.3 Å². The van der Waals surface area contributed by atoms with Gasteiger partial charge in [0.05, 0.1) is 6.26 Å². The Bertz CT molecular complexity index is 546.